The number of benzene rings is 1. The van der Waals surface area contributed by atoms with Crippen molar-refractivity contribution >= 4 is 5.65 Å². The van der Waals surface area contributed by atoms with Gasteiger partial charge in [-0.15, -0.1) is 0 Å². The van der Waals surface area contributed by atoms with Gasteiger partial charge in [-0.05, 0) is 37.1 Å². The number of hydrogen-bond acceptors (Lipinski definition) is 2. The Labute approximate surface area is 124 Å². The van der Waals surface area contributed by atoms with Crippen LogP contribution < -0.4 is 0 Å². The molecule has 3 aromatic rings. The molecule has 0 unspecified atom stereocenters. The third-order valence-electron chi connectivity index (χ3n) is 3.86. The topological polar surface area (TPSA) is 30.2 Å². The fourth-order valence-corrected chi connectivity index (χ4v) is 2.54. The minimum Gasteiger partial charge on any atom is -0.235 e. The van der Waals surface area contributed by atoms with Crippen molar-refractivity contribution in [3.63, 3.8) is 0 Å². The predicted octanol–water partition coefficient (Wildman–Crippen LogP) is 4.29. The van der Waals surface area contributed by atoms with Crippen LogP contribution in [-0.4, -0.2) is 14.6 Å². The van der Waals surface area contributed by atoms with Crippen molar-refractivity contribution in [2.75, 3.05) is 0 Å². The Morgan fingerprint density at radius 3 is 2.64 bits per heavy atom. The minimum atomic E-state index is -4.36. The van der Waals surface area contributed by atoms with Crippen LogP contribution in [0, 0.1) is 0 Å². The van der Waals surface area contributed by atoms with E-state index in [4.69, 9.17) is 0 Å². The Kier molecular flexibility index (Phi) is 2.76. The molecular formula is C16H12F3N3. The van der Waals surface area contributed by atoms with Gasteiger partial charge in [0.1, 0.15) is 0 Å². The molecule has 0 bridgehead atoms. The van der Waals surface area contributed by atoms with Crippen LogP contribution in [0.3, 0.4) is 0 Å². The lowest BCUT2D eigenvalue weighted by Gasteiger charge is -2.08. The highest BCUT2D eigenvalue weighted by Gasteiger charge is 2.31. The van der Waals surface area contributed by atoms with E-state index in [1.54, 1.807) is 16.8 Å². The van der Waals surface area contributed by atoms with Gasteiger partial charge in [0.25, 0.3) is 0 Å². The van der Waals surface area contributed by atoms with Gasteiger partial charge in [-0.3, -0.25) is 0 Å². The highest BCUT2D eigenvalue weighted by atomic mass is 19.4. The average Bonchev–Trinajstić information content (AvgIpc) is 3.26. The molecule has 1 saturated carbocycles. The molecule has 0 amide bonds. The first-order valence-corrected chi connectivity index (χ1v) is 7.05. The molecule has 0 N–H and O–H groups in total. The fraction of sp³-hybridized carbons (Fsp3) is 0.250. The summed E-state index contributed by atoms with van der Waals surface area (Å²) in [6.07, 6.45) is -0.560. The summed E-state index contributed by atoms with van der Waals surface area (Å²) in [6, 6.07) is 9.05. The summed E-state index contributed by atoms with van der Waals surface area (Å²) in [5.74, 6) is 0.473. The summed E-state index contributed by atoms with van der Waals surface area (Å²) >= 11 is 0. The Morgan fingerprint density at radius 1 is 1.09 bits per heavy atom. The van der Waals surface area contributed by atoms with Crippen LogP contribution in [-0.2, 0) is 6.18 Å². The normalized spacial score (nSPS) is 15.4. The van der Waals surface area contributed by atoms with Gasteiger partial charge in [0.05, 0.1) is 23.1 Å². The second kappa shape index (κ2) is 4.56. The first-order valence-electron chi connectivity index (χ1n) is 7.05. The van der Waals surface area contributed by atoms with Gasteiger partial charge >= 0.3 is 6.18 Å². The Hall–Kier alpha value is -2.37. The number of imidazole rings is 1. The van der Waals surface area contributed by atoms with E-state index in [0.29, 0.717) is 22.8 Å². The van der Waals surface area contributed by atoms with Gasteiger partial charge in [0.2, 0.25) is 0 Å². The predicted molar refractivity (Wildman–Crippen MR) is 75.4 cm³/mol. The second-order valence-corrected chi connectivity index (χ2v) is 5.52. The molecule has 0 saturated heterocycles. The van der Waals surface area contributed by atoms with Crippen LogP contribution in [0.15, 0.2) is 42.6 Å². The van der Waals surface area contributed by atoms with Gasteiger partial charge < -0.3 is 0 Å². The molecule has 2 heterocycles. The zero-order valence-corrected chi connectivity index (χ0v) is 11.5. The van der Waals surface area contributed by atoms with Crippen LogP contribution >= 0.6 is 0 Å². The molecule has 6 heteroatoms. The van der Waals surface area contributed by atoms with Crippen molar-refractivity contribution in [1.29, 1.82) is 0 Å². The number of alkyl halides is 3. The highest BCUT2D eigenvalue weighted by Crippen LogP contribution is 2.39. The molecule has 1 aliphatic carbocycles. The van der Waals surface area contributed by atoms with E-state index in [-0.39, 0.29) is 0 Å². The monoisotopic (exact) mass is 303 g/mol. The standard InChI is InChI=1S/C16H12F3N3/c17-16(18,19)12-3-1-2-11(8-12)14-9-20-15-7-6-13(10-4-5-10)21-22(14)15/h1-3,6-10H,4-5H2. The maximum atomic E-state index is 12.9. The number of aromatic nitrogens is 3. The molecule has 112 valence electrons. The first-order chi connectivity index (χ1) is 10.5. The number of rotatable bonds is 2. The van der Waals surface area contributed by atoms with Crippen LogP contribution in [0.1, 0.15) is 30.0 Å². The molecule has 2 aromatic heterocycles. The van der Waals surface area contributed by atoms with Gasteiger partial charge in [-0.1, -0.05) is 12.1 Å². The summed E-state index contributed by atoms with van der Waals surface area (Å²) in [6.45, 7) is 0. The summed E-state index contributed by atoms with van der Waals surface area (Å²) in [5.41, 5.74) is 1.97. The van der Waals surface area contributed by atoms with E-state index < -0.39 is 11.7 Å². The summed E-state index contributed by atoms with van der Waals surface area (Å²) in [4.78, 5) is 4.23. The van der Waals surface area contributed by atoms with E-state index in [9.17, 15) is 13.2 Å². The third-order valence-corrected chi connectivity index (χ3v) is 3.86. The lowest BCUT2D eigenvalue weighted by atomic mass is 10.1. The molecule has 4 rings (SSSR count). The summed E-state index contributed by atoms with van der Waals surface area (Å²) in [5, 5.41) is 4.54. The van der Waals surface area contributed by atoms with Gasteiger partial charge in [-0.2, -0.15) is 18.3 Å². The maximum absolute atomic E-state index is 12.9. The molecule has 1 fully saturated rings. The Bertz CT molecular complexity index is 847. The quantitative estimate of drug-likeness (QED) is 0.707. The van der Waals surface area contributed by atoms with Crippen LogP contribution in [0.25, 0.3) is 16.9 Å². The van der Waals surface area contributed by atoms with Gasteiger partial charge in [-0.25, -0.2) is 9.50 Å². The summed E-state index contributed by atoms with van der Waals surface area (Å²) < 4.78 is 40.2. The van der Waals surface area contributed by atoms with E-state index in [0.717, 1.165) is 30.7 Å². The van der Waals surface area contributed by atoms with E-state index in [2.05, 4.69) is 10.1 Å². The molecule has 0 atom stereocenters. The molecule has 1 aliphatic rings. The van der Waals surface area contributed by atoms with Crippen molar-refractivity contribution in [3.05, 3.63) is 53.9 Å². The lowest BCUT2D eigenvalue weighted by Crippen LogP contribution is -2.05. The van der Waals surface area contributed by atoms with Crippen LogP contribution in [0.5, 0.6) is 0 Å². The van der Waals surface area contributed by atoms with Gasteiger partial charge in [0, 0.05) is 11.5 Å². The minimum absolute atomic E-state index is 0.461. The van der Waals surface area contributed by atoms with Crippen molar-refractivity contribution in [2.45, 2.75) is 24.9 Å². The first kappa shape index (κ1) is 13.3. The van der Waals surface area contributed by atoms with Crippen LogP contribution in [0.2, 0.25) is 0 Å². The van der Waals surface area contributed by atoms with Crippen molar-refractivity contribution in [2.24, 2.45) is 0 Å². The van der Waals surface area contributed by atoms with Crippen molar-refractivity contribution in [1.82, 2.24) is 14.6 Å². The van der Waals surface area contributed by atoms with Crippen molar-refractivity contribution < 1.29 is 13.2 Å². The number of halogens is 3. The number of hydrogen-bond donors (Lipinski definition) is 0. The molecule has 3 nitrogen and oxygen atoms in total. The molecule has 0 spiro atoms. The Balaban J connectivity index is 1.85. The number of nitrogens with zero attached hydrogens (tertiary/aromatic N) is 3. The molecule has 22 heavy (non-hydrogen) atoms. The SMILES string of the molecule is FC(F)(F)c1cccc(-c2cnc3ccc(C4CC4)nn23)c1. The van der Waals surface area contributed by atoms with E-state index >= 15 is 0 Å². The van der Waals surface area contributed by atoms with E-state index in [1.165, 1.54) is 6.07 Å². The van der Waals surface area contributed by atoms with Gasteiger partial charge in [0.15, 0.2) is 5.65 Å². The van der Waals surface area contributed by atoms with Crippen molar-refractivity contribution in [3.8, 4) is 11.3 Å². The zero-order valence-electron chi connectivity index (χ0n) is 11.5. The number of fused-ring (bicyclic) bond motifs is 1. The zero-order chi connectivity index (χ0) is 15.3. The van der Waals surface area contributed by atoms with Crippen LogP contribution in [0.4, 0.5) is 13.2 Å². The molecule has 0 aliphatic heterocycles. The smallest absolute Gasteiger partial charge is 0.235 e. The second-order valence-electron chi connectivity index (χ2n) is 5.52. The third kappa shape index (κ3) is 2.24. The van der Waals surface area contributed by atoms with E-state index in [1.807, 2.05) is 12.1 Å². The highest BCUT2D eigenvalue weighted by molar-refractivity contribution is 5.64. The lowest BCUT2D eigenvalue weighted by molar-refractivity contribution is -0.137. The Morgan fingerprint density at radius 2 is 1.91 bits per heavy atom. The fourth-order valence-electron chi connectivity index (χ4n) is 2.54. The maximum Gasteiger partial charge on any atom is 0.416 e. The average molecular weight is 303 g/mol. The largest absolute Gasteiger partial charge is 0.416 e. The molecule has 0 radical (unpaired) electrons. The summed E-state index contributed by atoms with van der Waals surface area (Å²) in [7, 11) is 0. The molecular weight excluding hydrogens is 291 g/mol. The molecule has 1 aromatic carbocycles.